The first-order chi connectivity index (χ1) is 13.6. The van der Waals surface area contributed by atoms with Crippen LogP contribution in [-0.2, 0) is 0 Å². The Morgan fingerprint density at radius 3 is 2.86 bits per heavy atom. The molecule has 0 aliphatic heterocycles. The molecule has 0 atom stereocenters. The summed E-state index contributed by atoms with van der Waals surface area (Å²) in [5.74, 6) is 1.40. The van der Waals surface area contributed by atoms with E-state index in [-0.39, 0.29) is 0 Å². The van der Waals surface area contributed by atoms with Crippen molar-refractivity contribution in [2.75, 3.05) is 7.11 Å². The predicted molar refractivity (Wildman–Crippen MR) is 111 cm³/mol. The maximum Gasteiger partial charge on any atom is 0.235 e. The molecule has 3 aromatic heterocycles. The number of nitrogens with zero attached hydrogens (tertiary/aromatic N) is 5. The fourth-order valence-electron chi connectivity index (χ4n) is 3.09. The van der Waals surface area contributed by atoms with Gasteiger partial charge in [-0.15, -0.1) is 10.2 Å². The fourth-order valence-corrected chi connectivity index (χ4v) is 4.29. The maximum absolute atomic E-state index is 6.70. The topological polar surface area (TPSA) is 65.2 Å². The van der Waals surface area contributed by atoms with E-state index >= 15 is 0 Å². The summed E-state index contributed by atoms with van der Waals surface area (Å²) < 4.78 is 7.03. The van der Waals surface area contributed by atoms with Crippen LogP contribution in [0, 0.1) is 6.92 Å². The van der Waals surface area contributed by atoms with Gasteiger partial charge in [-0.05, 0) is 31.2 Å². The van der Waals surface area contributed by atoms with E-state index in [2.05, 4.69) is 15.2 Å². The Balaban J connectivity index is 1.66. The second-order valence-corrected chi connectivity index (χ2v) is 7.70. The number of hydrogen-bond donors (Lipinski definition) is 0. The van der Waals surface area contributed by atoms with Crippen molar-refractivity contribution in [1.29, 1.82) is 0 Å². The van der Waals surface area contributed by atoms with Crippen LogP contribution < -0.4 is 4.74 Å². The van der Waals surface area contributed by atoms with E-state index in [1.807, 2.05) is 49.4 Å². The van der Waals surface area contributed by atoms with Crippen molar-refractivity contribution in [2.45, 2.75) is 6.92 Å². The standard InChI is InChI=1S/C20H14ClN5OS/c1-11-6-7-16-14(8-11)17(21)15(10-22-16)19-25-26-18(23-24-20(26)28-19)12-4-3-5-13(9-12)27-2/h3-10H,1-2H3. The first kappa shape index (κ1) is 17.1. The number of methoxy groups -OCH3 is 1. The monoisotopic (exact) mass is 407 g/mol. The molecule has 0 saturated carbocycles. The van der Waals surface area contributed by atoms with Gasteiger partial charge in [0.25, 0.3) is 0 Å². The average molecular weight is 408 g/mol. The van der Waals surface area contributed by atoms with E-state index in [9.17, 15) is 0 Å². The molecule has 0 unspecified atom stereocenters. The molecule has 28 heavy (non-hydrogen) atoms. The van der Waals surface area contributed by atoms with Crippen molar-refractivity contribution >= 4 is 38.8 Å². The Kier molecular flexibility index (Phi) is 3.99. The number of hydrogen-bond acceptors (Lipinski definition) is 6. The van der Waals surface area contributed by atoms with Gasteiger partial charge in [-0.2, -0.15) is 9.61 Å². The van der Waals surface area contributed by atoms with Crippen molar-refractivity contribution < 1.29 is 4.74 Å². The van der Waals surface area contributed by atoms with Crippen molar-refractivity contribution in [3.8, 4) is 27.7 Å². The summed E-state index contributed by atoms with van der Waals surface area (Å²) in [7, 11) is 1.63. The molecule has 0 N–H and O–H groups in total. The van der Waals surface area contributed by atoms with Gasteiger partial charge in [0.2, 0.25) is 4.96 Å². The van der Waals surface area contributed by atoms with Gasteiger partial charge in [0.1, 0.15) is 5.75 Å². The summed E-state index contributed by atoms with van der Waals surface area (Å²) in [6.45, 7) is 2.03. The molecule has 0 spiro atoms. The molecule has 5 aromatic rings. The average Bonchev–Trinajstić information content (AvgIpc) is 3.29. The third-order valence-electron chi connectivity index (χ3n) is 4.51. The molecule has 0 amide bonds. The first-order valence-electron chi connectivity index (χ1n) is 8.56. The smallest absolute Gasteiger partial charge is 0.235 e. The lowest BCUT2D eigenvalue weighted by atomic mass is 10.1. The largest absolute Gasteiger partial charge is 0.497 e. The second-order valence-electron chi connectivity index (χ2n) is 6.36. The minimum atomic E-state index is 0.640. The van der Waals surface area contributed by atoms with Crippen LogP contribution >= 0.6 is 22.9 Å². The molecular formula is C20H14ClN5OS. The molecule has 0 saturated heterocycles. The molecule has 2 aromatic carbocycles. The molecule has 0 fully saturated rings. The molecular weight excluding hydrogens is 394 g/mol. The zero-order valence-corrected chi connectivity index (χ0v) is 16.6. The fraction of sp³-hybridized carbons (Fsp3) is 0.100. The summed E-state index contributed by atoms with van der Waals surface area (Å²) in [6, 6.07) is 13.7. The molecule has 3 heterocycles. The predicted octanol–water partition coefficient (Wildman–Crippen LogP) is 5.04. The number of fused-ring (bicyclic) bond motifs is 2. The zero-order valence-electron chi connectivity index (χ0n) is 15.0. The highest BCUT2D eigenvalue weighted by Crippen LogP contribution is 2.36. The van der Waals surface area contributed by atoms with Crippen LogP contribution in [0.1, 0.15) is 5.56 Å². The van der Waals surface area contributed by atoms with E-state index in [1.165, 1.54) is 11.3 Å². The number of halogens is 1. The third kappa shape index (κ3) is 2.71. The number of pyridine rings is 1. The Hall–Kier alpha value is -3.03. The van der Waals surface area contributed by atoms with Crippen molar-refractivity contribution in [1.82, 2.24) is 24.8 Å². The SMILES string of the molecule is COc1cccc(-c2nnc3sc(-c4cnc5ccc(C)cc5c4Cl)nn23)c1. The van der Waals surface area contributed by atoms with Gasteiger partial charge >= 0.3 is 0 Å². The normalized spacial score (nSPS) is 11.4. The zero-order chi connectivity index (χ0) is 19.3. The summed E-state index contributed by atoms with van der Waals surface area (Å²) in [6.07, 6.45) is 1.76. The van der Waals surface area contributed by atoms with Crippen molar-refractivity contribution in [3.05, 3.63) is 59.2 Å². The van der Waals surface area contributed by atoms with Crippen LogP contribution in [-0.4, -0.2) is 31.9 Å². The van der Waals surface area contributed by atoms with Gasteiger partial charge in [0.05, 0.1) is 23.2 Å². The second kappa shape index (κ2) is 6.54. The first-order valence-corrected chi connectivity index (χ1v) is 9.75. The molecule has 0 aliphatic rings. The summed E-state index contributed by atoms with van der Waals surface area (Å²) in [5, 5.41) is 15.6. The van der Waals surface area contributed by atoms with Crippen LogP contribution in [0.3, 0.4) is 0 Å². The Morgan fingerprint density at radius 2 is 2.00 bits per heavy atom. The minimum absolute atomic E-state index is 0.640. The summed E-state index contributed by atoms with van der Waals surface area (Å²) in [4.78, 5) is 5.23. The number of ether oxygens (including phenoxy) is 1. The maximum atomic E-state index is 6.70. The number of rotatable bonds is 3. The van der Waals surface area contributed by atoms with Gasteiger partial charge in [0.15, 0.2) is 10.8 Å². The molecule has 0 radical (unpaired) electrons. The van der Waals surface area contributed by atoms with E-state index in [1.54, 1.807) is 17.8 Å². The van der Waals surface area contributed by atoms with E-state index < -0.39 is 0 Å². The third-order valence-corrected chi connectivity index (χ3v) is 5.85. The Morgan fingerprint density at radius 1 is 1.11 bits per heavy atom. The lowest BCUT2D eigenvalue weighted by molar-refractivity contribution is 0.415. The van der Waals surface area contributed by atoms with Gasteiger partial charge in [-0.3, -0.25) is 4.98 Å². The summed E-state index contributed by atoms with van der Waals surface area (Å²) in [5.41, 5.74) is 3.65. The van der Waals surface area contributed by atoms with Crippen molar-refractivity contribution in [3.63, 3.8) is 0 Å². The van der Waals surface area contributed by atoms with Crippen LogP contribution in [0.4, 0.5) is 0 Å². The number of benzene rings is 2. The summed E-state index contributed by atoms with van der Waals surface area (Å²) >= 11 is 8.13. The van der Waals surface area contributed by atoms with Crippen LogP contribution in [0.15, 0.2) is 48.7 Å². The highest BCUT2D eigenvalue weighted by molar-refractivity contribution is 7.19. The van der Waals surface area contributed by atoms with Gasteiger partial charge in [0, 0.05) is 17.1 Å². The van der Waals surface area contributed by atoms with Gasteiger partial charge in [-0.1, -0.05) is 46.7 Å². The highest BCUT2D eigenvalue weighted by Gasteiger charge is 2.18. The molecule has 0 aliphatic carbocycles. The Labute approximate surface area is 169 Å². The van der Waals surface area contributed by atoms with Crippen LogP contribution in [0.5, 0.6) is 5.75 Å². The number of aryl methyl sites for hydroxylation is 1. The van der Waals surface area contributed by atoms with Crippen LogP contribution in [0.2, 0.25) is 5.02 Å². The molecule has 138 valence electrons. The molecule has 6 nitrogen and oxygen atoms in total. The quantitative estimate of drug-likeness (QED) is 0.419. The Bertz CT molecular complexity index is 1340. The molecule has 0 bridgehead atoms. The van der Waals surface area contributed by atoms with Gasteiger partial charge < -0.3 is 4.74 Å². The molecule has 5 rings (SSSR count). The lowest BCUT2D eigenvalue weighted by Gasteiger charge is -2.05. The van der Waals surface area contributed by atoms with Crippen molar-refractivity contribution in [2.24, 2.45) is 0 Å². The molecule has 8 heteroatoms. The van der Waals surface area contributed by atoms with E-state index in [0.717, 1.165) is 38.4 Å². The van der Waals surface area contributed by atoms with Crippen LogP contribution in [0.25, 0.3) is 37.8 Å². The van der Waals surface area contributed by atoms with E-state index in [4.69, 9.17) is 21.4 Å². The minimum Gasteiger partial charge on any atom is -0.497 e. The van der Waals surface area contributed by atoms with E-state index in [0.29, 0.717) is 15.8 Å². The van der Waals surface area contributed by atoms with Gasteiger partial charge in [-0.25, -0.2) is 0 Å². The number of aromatic nitrogens is 5. The highest BCUT2D eigenvalue weighted by atomic mass is 35.5. The lowest BCUT2D eigenvalue weighted by Crippen LogP contribution is -1.93.